The van der Waals surface area contributed by atoms with Crippen molar-refractivity contribution in [2.24, 2.45) is 11.7 Å². The van der Waals surface area contributed by atoms with Crippen LogP contribution in [0.1, 0.15) is 19.3 Å². The first-order chi connectivity index (χ1) is 9.74. The zero-order chi connectivity index (χ0) is 13.9. The van der Waals surface area contributed by atoms with Crippen LogP contribution in [0.3, 0.4) is 0 Å². The highest BCUT2D eigenvalue weighted by Gasteiger charge is 2.23. The molecule has 0 aliphatic carbocycles. The number of para-hydroxylation sites is 1. The first kappa shape index (κ1) is 12.8. The number of rotatable bonds is 3. The molecule has 1 aromatic heterocycles. The smallest absolute Gasteiger partial charge is 0.217 e. The molecule has 5 heteroatoms. The highest BCUT2D eigenvalue weighted by atomic mass is 16.1. The van der Waals surface area contributed by atoms with Crippen LogP contribution in [-0.4, -0.2) is 29.0 Å². The number of carbonyl (C=O) groups excluding carboxylic acids is 1. The zero-order valence-corrected chi connectivity index (χ0v) is 11.3. The standard InChI is InChI=1S/C15H18N4O/c16-14(20)8-11-4-3-7-19(9-11)15-12-5-1-2-6-13(12)17-10-18-15/h1-2,5-6,10-11H,3-4,7-9H2,(H2,16,20)/t11-/m0/s1. The second-order valence-electron chi connectivity index (χ2n) is 5.34. The molecular weight excluding hydrogens is 252 g/mol. The van der Waals surface area contributed by atoms with E-state index in [0.29, 0.717) is 12.3 Å². The zero-order valence-electron chi connectivity index (χ0n) is 11.3. The topological polar surface area (TPSA) is 72.1 Å². The van der Waals surface area contributed by atoms with E-state index in [1.54, 1.807) is 6.33 Å². The molecule has 1 aliphatic rings. The fourth-order valence-corrected chi connectivity index (χ4v) is 2.95. The van der Waals surface area contributed by atoms with Gasteiger partial charge in [-0.05, 0) is 30.9 Å². The number of nitrogens with two attached hydrogens (primary N) is 1. The van der Waals surface area contributed by atoms with Crippen molar-refractivity contribution >= 4 is 22.6 Å². The highest BCUT2D eigenvalue weighted by molar-refractivity contribution is 5.89. The molecule has 1 atom stereocenters. The van der Waals surface area contributed by atoms with Gasteiger partial charge in [-0.15, -0.1) is 0 Å². The van der Waals surface area contributed by atoms with Crippen molar-refractivity contribution in [2.75, 3.05) is 18.0 Å². The molecule has 104 valence electrons. The third-order valence-corrected chi connectivity index (χ3v) is 3.83. The van der Waals surface area contributed by atoms with E-state index in [9.17, 15) is 4.79 Å². The van der Waals surface area contributed by atoms with E-state index < -0.39 is 0 Å². The third kappa shape index (κ3) is 2.57. The lowest BCUT2D eigenvalue weighted by molar-refractivity contribution is -0.118. The van der Waals surface area contributed by atoms with Crippen molar-refractivity contribution in [3.63, 3.8) is 0 Å². The Bertz CT molecular complexity index is 623. The van der Waals surface area contributed by atoms with Crippen molar-refractivity contribution in [1.82, 2.24) is 9.97 Å². The molecule has 1 saturated heterocycles. The summed E-state index contributed by atoms with van der Waals surface area (Å²) in [6, 6.07) is 8.01. The molecule has 5 nitrogen and oxygen atoms in total. The van der Waals surface area contributed by atoms with Gasteiger partial charge in [0, 0.05) is 24.9 Å². The summed E-state index contributed by atoms with van der Waals surface area (Å²) in [6.07, 6.45) is 4.19. The van der Waals surface area contributed by atoms with Gasteiger partial charge >= 0.3 is 0 Å². The van der Waals surface area contributed by atoms with Crippen LogP contribution in [-0.2, 0) is 4.79 Å². The first-order valence-corrected chi connectivity index (χ1v) is 6.97. The van der Waals surface area contributed by atoms with E-state index in [1.807, 2.05) is 24.3 Å². The lowest BCUT2D eigenvalue weighted by Gasteiger charge is -2.33. The van der Waals surface area contributed by atoms with Crippen molar-refractivity contribution in [2.45, 2.75) is 19.3 Å². The van der Waals surface area contributed by atoms with Gasteiger partial charge in [-0.1, -0.05) is 12.1 Å². The van der Waals surface area contributed by atoms with Gasteiger partial charge in [0.2, 0.25) is 5.91 Å². The molecule has 0 bridgehead atoms. The minimum Gasteiger partial charge on any atom is -0.370 e. The number of piperidine rings is 1. The van der Waals surface area contributed by atoms with Crippen molar-refractivity contribution < 1.29 is 4.79 Å². The normalized spacial score (nSPS) is 19.2. The summed E-state index contributed by atoms with van der Waals surface area (Å²) in [5, 5.41) is 1.06. The summed E-state index contributed by atoms with van der Waals surface area (Å²) in [5.74, 6) is 1.07. The molecule has 0 saturated carbocycles. The van der Waals surface area contributed by atoms with E-state index in [4.69, 9.17) is 5.73 Å². The van der Waals surface area contributed by atoms with Crippen molar-refractivity contribution in [1.29, 1.82) is 0 Å². The molecule has 0 spiro atoms. The van der Waals surface area contributed by atoms with Crippen LogP contribution in [0.2, 0.25) is 0 Å². The summed E-state index contributed by atoms with van der Waals surface area (Å²) in [7, 11) is 0. The van der Waals surface area contributed by atoms with Gasteiger partial charge in [0.05, 0.1) is 5.52 Å². The summed E-state index contributed by atoms with van der Waals surface area (Å²) in [6.45, 7) is 1.81. The van der Waals surface area contributed by atoms with Gasteiger partial charge in [0.25, 0.3) is 0 Å². The first-order valence-electron chi connectivity index (χ1n) is 6.97. The lowest BCUT2D eigenvalue weighted by Crippen LogP contribution is -2.37. The minimum atomic E-state index is -0.218. The van der Waals surface area contributed by atoms with Gasteiger partial charge in [0.1, 0.15) is 12.1 Å². The quantitative estimate of drug-likeness (QED) is 0.921. The molecule has 1 aliphatic heterocycles. The average molecular weight is 270 g/mol. The van der Waals surface area contributed by atoms with Gasteiger partial charge in [0.15, 0.2) is 0 Å². The third-order valence-electron chi connectivity index (χ3n) is 3.83. The van der Waals surface area contributed by atoms with E-state index in [0.717, 1.165) is 42.7 Å². The molecule has 1 fully saturated rings. The summed E-state index contributed by atoms with van der Waals surface area (Å²) >= 11 is 0. The Labute approximate surface area is 117 Å². The van der Waals surface area contributed by atoms with Crippen LogP contribution in [0, 0.1) is 5.92 Å². The second kappa shape index (κ2) is 5.45. The van der Waals surface area contributed by atoms with E-state index in [-0.39, 0.29) is 5.91 Å². The molecule has 3 rings (SSSR count). The number of nitrogens with zero attached hydrogens (tertiary/aromatic N) is 3. The molecule has 2 N–H and O–H groups in total. The minimum absolute atomic E-state index is 0.218. The molecule has 2 aromatic rings. The Morgan fingerprint density at radius 2 is 2.20 bits per heavy atom. The Hall–Kier alpha value is -2.17. The fraction of sp³-hybridized carbons (Fsp3) is 0.400. The number of hydrogen-bond donors (Lipinski definition) is 1. The number of amides is 1. The van der Waals surface area contributed by atoms with Crippen LogP contribution >= 0.6 is 0 Å². The van der Waals surface area contributed by atoms with Crippen LogP contribution < -0.4 is 10.6 Å². The maximum absolute atomic E-state index is 11.1. The number of fused-ring (bicyclic) bond motifs is 1. The number of hydrogen-bond acceptors (Lipinski definition) is 4. The number of primary amides is 1. The molecule has 1 aromatic carbocycles. The largest absolute Gasteiger partial charge is 0.370 e. The summed E-state index contributed by atoms with van der Waals surface area (Å²) in [5.41, 5.74) is 6.27. The van der Waals surface area contributed by atoms with Gasteiger partial charge in [-0.2, -0.15) is 0 Å². The van der Waals surface area contributed by atoms with Gasteiger partial charge < -0.3 is 10.6 Å². The lowest BCUT2D eigenvalue weighted by atomic mass is 9.94. The Morgan fingerprint density at radius 3 is 3.05 bits per heavy atom. The molecular formula is C15H18N4O. The van der Waals surface area contributed by atoms with Crippen LogP contribution in [0.4, 0.5) is 5.82 Å². The van der Waals surface area contributed by atoms with Gasteiger partial charge in [-0.25, -0.2) is 9.97 Å². The van der Waals surface area contributed by atoms with E-state index in [1.165, 1.54) is 0 Å². The maximum atomic E-state index is 11.1. The predicted molar refractivity (Wildman–Crippen MR) is 78.3 cm³/mol. The van der Waals surface area contributed by atoms with E-state index >= 15 is 0 Å². The van der Waals surface area contributed by atoms with Crippen LogP contribution in [0.15, 0.2) is 30.6 Å². The molecule has 20 heavy (non-hydrogen) atoms. The molecule has 0 radical (unpaired) electrons. The Kier molecular flexibility index (Phi) is 3.50. The van der Waals surface area contributed by atoms with Gasteiger partial charge in [-0.3, -0.25) is 4.79 Å². The van der Waals surface area contributed by atoms with E-state index in [2.05, 4.69) is 14.9 Å². The molecule has 2 heterocycles. The predicted octanol–water partition coefficient (Wildman–Crippen LogP) is 1.72. The number of carbonyl (C=O) groups is 1. The number of aromatic nitrogens is 2. The Balaban J connectivity index is 1.88. The summed E-state index contributed by atoms with van der Waals surface area (Å²) in [4.78, 5) is 22.1. The summed E-state index contributed by atoms with van der Waals surface area (Å²) < 4.78 is 0. The van der Waals surface area contributed by atoms with Crippen LogP contribution in [0.25, 0.3) is 10.9 Å². The second-order valence-corrected chi connectivity index (χ2v) is 5.34. The number of anilines is 1. The van der Waals surface area contributed by atoms with Crippen molar-refractivity contribution in [3.8, 4) is 0 Å². The molecule has 0 unspecified atom stereocenters. The number of benzene rings is 1. The SMILES string of the molecule is NC(=O)C[C@@H]1CCCN(c2ncnc3ccccc23)C1. The highest BCUT2D eigenvalue weighted by Crippen LogP contribution is 2.28. The average Bonchev–Trinajstić information content (AvgIpc) is 2.46. The Morgan fingerprint density at radius 1 is 1.35 bits per heavy atom. The maximum Gasteiger partial charge on any atom is 0.217 e. The molecule has 1 amide bonds. The van der Waals surface area contributed by atoms with Crippen molar-refractivity contribution in [3.05, 3.63) is 30.6 Å². The van der Waals surface area contributed by atoms with Crippen LogP contribution in [0.5, 0.6) is 0 Å². The fourth-order valence-electron chi connectivity index (χ4n) is 2.95. The monoisotopic (exact) mass is 270 g/mol.